The zero-order valence-corrected chi connectivity index (χ0v) is 13.2. The fraction of sp³-hybridized carbons (Fsp3) is 0.615. The van der Waals surface area contributed by atoms with Crippen molar-refractivity contribution in [2.24, 2.45) is 5.73 Å². The van der Waals surface area contributed by atoms with E-state index in [-0.39, 0.29) is 30.9 Å². The Kier molecular flexibility index (Phi) is 6.09. The van der Waals surface area contributed by atoms with Crippen LogP contribution in [-0.4, -0.2) is 41.8 Å². The van der Waals surface area contributed by atoms with Crippen molar-refractivity contribution in [1.29, 1.82) is 0 Å². The molecule has 6 nitrogen and oxygen atoms in total. The van der Waals surface area contributed by atoms with Crippen molar-refractivity contribution < 1.29 is 9.59 Å². The molecule has 3 N–H and O–H groups in total. The third kappa shape index (κ3) is 4.01. The highest BCUT2D eigenvalue weighted by atomic mass is 32.1. The van der Waals surface area contributed by atoms with Gasteiger partial charge < -0.3 is 16.0 Å². The number of thiazole rings is 1. The first kappa shape index (κ1) is 16.6. The lowest BCUT2D eigenvalue weighted by Gasteiger charge is -2.24. The number of amides is 2. The predicted octanol–water partition coefficient (Wildman–Crippen LogP) is 0.608. The molecule has 1 atom stereocenters. The lowest BCUT2D eigenvalue weighted by molar-refractivity contribution is -0.133. The lowest BCUT2D eigenvalue weighted by atomic mass is 10.2. The number of nitrogens with zero attached hydrogens (tertiary/aromatic N) is 2. The molecule has 0 aliphatic rings. The molecule has 7 heteroatoms. The van der Waals surface area contributed by atoms with Crippen LogP contribution in [0.4, 0.5) is 0 Å². The maximum atomic E-state index is 12.0. The van der Waals surface area contributed by atoms with Crippen LogP contribution in [-0.2, 0) is 16.0 Å². The number of nitrogens with one attached hydrogen (secondary N) is 1. The smallest absolute Gasteiger partial charge is 0.242 e. The Morgan fingerprint density at radius 2 is 2.15 bits per heavy atom. The third-order valence-corrected chi connectivity index (χ3v) is 4.63. The van der Waals surface area contributed by atoms with E-state index in [0.29, 0.717) is 0 Å². The van der Waals surface area contributed by atoms with E-state index in [1.165, 1.54) is 0 Å². The quantitative estimate of drug-likeness (QED) is 0.805. The van der Waals surface area contributed by atoms with Gasteiger partial charge in [-0.15, -0.1) is 11.3 Å². The summed E-state index contributed by atoms with van der Waals surface area (Å²) < 4.78 is 0. The van der Waals surface area contributed by atoms with Crippen molar-refractivity contribution in [2.45, 2.75) is 33.2 Å². The number of likely N-dealkylation sites (N-methyl/N-ethyl adjacent to an activating group) is 1. The topological polar surface area (TPSA) is 88.3 Å². The molecule has 20 heavy (non-hydrogen) atoms. The van der Waals surface area contributed by atoms with Crippen molar-refractivity contribution in [3.8, 4) is 0 Å². The summed E-state index contributed by atoms with van der Waals surface area (Å²) in [7, 11) is 1.73. The van der Waals surface area contributed by atoms with Crippen LogP contribution in [0.5, 0.6) is 0 Å². The van der Waals surface area contributed by atoms with Crippen LogP contribution in [0, 0.1) is 6.92 Å². The van der Waals surface area contributed by atoms with Gasteiger partial charge in [0.1, 0.15) is 0 Å². The van der Waals surface area contributed by atoms with Crippen molar-refractivity contribution in [3.05, 3.63) is 15.6 Å². The SMILES string of the molecule is CCc1nc(C)c(C(C)N(C)C(=O)CNC(=O)CN)s1. The molecule has 2 amide bonds. The molecule has 0 aromatic carbocycles. The highest BCUT2D eigenvalue weighted by Crippen LogP contribution is 2.28. The van der Waals surface area contributed by atoms with Crippen LogP contribution in [0.2, 0.25) is 0 Å². The Labute approximate surface area is 123 Å². The number of aryl methyl sites for hydroxylation is 2. The molecule has 1 unspecified atom stereocenters. The monoisotopic (exact) mass is 298 g/mol. The largest absolute Gasteiger partial charge is 0.346 e. The number of carbonyl (C=O) groups is 2. The number of hydrogen-bond donors (Lipinski definition) is 2. The summed E-state index contributed by atoms with van der Waals surface area (Å²) in [6.45, 7) is 5.83. The molecule has 0 spiro atoms. The van der Waals surface area contributed by atoms with E-state index in [1.807, 2.05) is 13.8 Å². The molecule has 0 bridgehead atoms. The number of hydrogen-bond acceptors (Lipinski definition) is 5. The first-order chi connectivity index (χ1) is 9.40. The number of nitrogens with two attached hydrogens (primary N) is 1. The van der Waals surface area contributed by atoms with Gasteiger partial charge >= 0.3 is 0 Å². The van der Waals surface area contributed by atoms with Crippen LogP contribution < -0.4 is 11.1 Å². The molecule has 0 aliphatic heterocycles. The van der Waals surface area contributed by atoms with Gasteiger partial charge in [-0.05, 0) is 20.3 Å². The Morgan fingerprint density at radius 1 is 1.50 bits per heavy atom. The van der Waals surface area contributed by atoms with Gasteiger partial charge in [0, 0.05) is 11.9 Å². The third-order valence-electron chi connectivity index (χ3n) is 3.16. The minimum atomic E-state index is -0.332. The van der Waals surface area contributed by atoms with Crippen molar-refractivity contribution in [1.82, 2.24) is 15.2 Å². The first-order valence-corrected chi connectivity index (χ1v) is 7.40. The zero-order chi connectivity index (χ0) is 15.3. The van der Waals surface area contributed by atoms with Gasteiger partial charge in [-0.25, -0.2) is 4.98 Å². The van der Waals surface area contributed by atoms with Crippen LogP contribution in [0.1, 0.15) is 35.5 Å². The summed E-state index contributed by atoms with van der Waals surface area (Å²) >= 11 is 1.63. The molecule has 1 rings (SSSR count). The lowest BCUT2D eigenvalue weighted by Crippen LogP contribution is -2.41. The summed E-state index contributed by atoms with van der Waals surface area (Å²) in [5, 5.41) is 3.55. The van der Waals surface area contributed by atoms with Gasteiger partial charge in [-0.2, -0.15) is 0 Å². The number of carbonyl (C=O) groups excluding carboxylic acids is 2. The highest BCUT2D eigenvalue weighted by Gasteiger charge is 2.21. The van der Waals surface area contributed by atoms with Crippen molar-refractivity contribution in [2.75, 3.05) is 20.1 Å². The van der Waals surface area contributed by atoms with E-state index in [1.54, 1.807) is 23.3 Å². The summed E-state index contributed by atoms with van der Waals surface area (Å²) in [5.74, 6) is -0.480. The Balaban J connectivity index is 2.70. The van der Waals surface area contributed by atoms with Gasteiger partial charge in [0.25, 0.3) is 0 Å². The van der Waals surface area contributed by atoms with E-state index in [2.05, 4.69) is 17.2 Å². The summed E-state index contributed by atoms with van der Waals surface area (Å²) in [4.78, 5) is 30.3. The standard InChI is InChI=1S/C13H22N4O2S/c1-5-11-16-8(2)13(20-11)9(3)17(4)12(19)7-15-10(18)6-14/h9H,5-7,14H2,1-4H3,(H,15,18). The van der Waals surface area contributed by atoms with Gasteiger partial charge in [0.15, 0.2) is 0 Å². The van der Waals surface area contributed by atoms with E-state index in [9.17, 15) is 9.59 Å². The molecule has 1 heterocycles. The second-order valence-corrected chi connectivity index (χ2v) is 5.69. The number of aromatic nitrogens is 1. The average Bonchev–Trinajstić information content (AvgIpc) is 2.83. The van der Waals surface area contributed by atoms with Crippen LogP contribution in [0.25, 0.3) is 0 Å². The fourth-order valence-electron chi connectivity index (χ4n) is 1.77. The molecule has 0 aliphatic carbocycles. The number of rotatable bonds is 6. The molecule has 1 aromatic rings. The Morgan fingerprint density at radius 3 is 2.65 bits per heavy atom. The summed E-state index contributed by atoms with van der Waals surface area (Å²) in [6.07, 6.45) is 0.891. The van der Waals surface area contributed by atoms with Crippen LogP contribution >= 0.6 is 11.3 Å². The first-order valence-electron chi connectivity index (χ1n) is 6.59. The molecule has 0 saturated carbocycles. The van der Waals surface area contributed by atoms with Gasteiger partial charge in [-0.1, -0.05) is 6.92 Å². The zero-order valence-electron chi connectivity index (χ0n) is 12.4. The van der Waals surface area contributed by atoms with Crippen LogP contribution in [0.15, 0.2) is 0 Å². The second-order valence-electron chi connectivity index (χ2n) is 4.57. The molecular formula is C13H22N4O2S. The predicted molar refractivity (Wildman–Crippen MR) is 79.5 cm³/mol. The summed E-state index contributed by atoms with van der Waals surface area (Å²) in [5.41, 5.74) is 6.14. The van der Waals surface area contributed by atoms with E-state index >= 15 is 0 Å². The van der Waals surface area contributed by atoms with E-state index in [0.717, 1.165) is 22.0 Å². The molecule has 0 saturated heterocycles. The second kappa shape index (κ2) is 7.35. The molecule has 112 valence electrons. The fourth-order valence-corrected chi connectivity index (χ4v) is 2.87. The van der Waals surface area contributed by atoms with Crippen LogP contribution in [0.3, 0.4) is 0 Å². The molecule has 1 aromatic heterocycles. The average molecular weight is 298 g/mol. The van der Waals surface area contributed by atoms with Crippen molar-refractivity contribution >= 4 is 23.2 Å². The van der Waals surface area contributed by atoms with E-state index < -0.39 is 0 Å². The van der Waals surface area contributed by atoms with Gasteiger partial charge in [-0.3, -0.25) is 9.59 Å². The Hall–Kier alpha value is -1.47. The van der Waals surface area contributed by atoms with Crippen molar-refractivity contribution in [3.63, 3.8) is 0 Å². The molecule has 0 fully saturated rings. The maximum Gasteiger partial charge on any atom is 0.242 e. The Bertz CT molecular complexity index is 487. The molecule has 0 radical (unpaired) electrons. The maximum absolute atomic E-state index is 12.0. The minimum Gasteiger partial charge on any atom is -0.346 e. The van der Waals surface area contributed by atoms with Gasteiger partial charge in [0.05, 0.1) is 29.8 Å². The molecular weight excluding hydrogens is 276 g/mol. The van der Waals surface area contributed by atoms with E-state index in [4.69, 9.17) is 5.73 Å². The highest BCUT2D eigenvalue weighted by molar-refractivity contribution is 7.11. The van der Waals surface area contributed by atoms with Gasteiger partial charge in [0.2, 0.25) is 11.8 Å². The summed E-state index contributed by atoms with van der Waals surface area (Å²) in [6, 6.07) is -0.0601. The normalized spacial score (nSPS) is 12.1. The minimum absolute atomic E-state index is 0.0324.